The highest BCUT2D eigenvalue weighted by molar-refractivity contribution is 6.42. The van der Waals surface area contributed by atoms with Crippen LogP contribution in [0.3, 0.4) is 0 Å². The number of hydrogen-bond donors (Lipinski definition) is 1. The van der Waals surface area contributed by atoms with Crippen molar-refractivity contribution in [2.45, 2.75) is 6.92 Å². The molecule has 0 fully saturated rings. The molecule has 6 heteroatoms. The minimum absolute atomic E-state index is 0. The van der Waals surface area contributed by atoms with E-state index in [1.54, 1.807) is 12.1 Å². The van der Waals surface area contributed by atoms with Gasteiger partial charge in [0.1, 0.15) is 0 Å². The third kappa shape index (κ3) is 3.58. The van der Waals surface area contributed by atoms with Crippen LogP contribution in [-0.2, 0) is 0 Å². The van der Waals surface area contributed by atoms with Crippen molar-refractivity contribution in [1.82, 2.24) is 4.98 Å². The molecule has 3 aromatic rings. The first kappa shape index (κ1) is 17.2. The highest BCUT2D eigenvalue weighted by atomic mass is 35.5. The topological polar surface area (TPSA) is 24.9 Å². The van der Waals surface area contributed by atoms with E-state index in [0.29, 0.717) is 15.1 Å². The Morgan fingerprint density at radius 2 is 1.68 bits per heavy atom. The van der Waals surface area contributed by atoms with Crippen LogP contribution in [0.15, 0.2) is 42.5 Å². The second-order valence-corrected chi connectivity index (χ2v) is 5.98. The van der Waals surface area contributed by atoms with E-state index in [-0.39, 0.29) is 12.4 Å². The summed E-state index contributed by atoms with van der Waals surface area (Å²) in [5.74, 6) is 0. The summed E-state index contributed by atoms with van der Waals surface area (Å²) in [5.41, 5.74) is 3.60. The summed E-state index contributed by atoms with van der Waals surface area (Å²) in [4.78, 5) is 4.50. The fourth-order valence-corrected chi connectivity index (χ4v) is 2.63. The number of fused-ring (bicyclic) bond motifs is 1. The van der Waals surface area contributed by atoms with Crippen LogP contribution in [0, 0.1) is 6.92 Å². The van der Waals surface area contributed by atoms with Crippen LogP contribution in [0.4, 0.5) is 11.4 Å². The fourth-order valence-electron chi connectivity index (χ4n) is 2.16. The summed E-state index contributed by atoms with van der Waals surface area (Å²) in [6.45, 7) is 1.95. The summed E-state index contributed by atoms with van der Waals surface area (Å²) < 4.78 is 0. The first-order chi connectivity index (χ1) is 10.0. The van der Waals surface area contributed by atoms with E-state index in [1.807, 2.05) is 37.3 Å². The van der Waals surface area contributed by atoms with Crippen LogP contribution in [0.1, 0.15) is 5.69 Å². The van der Waals surface area contributed by atoms with Crippen molar-refractivity contribution < 1.29 is 12.4 Å². The number of nitrogens with one attached hydrogen (secondary N) is 1. The van der Waals surface area contributed by atoms with Crippen molar-refractivity contribution in [1.29, 1.82) is 0 Å². The van der Waals surface area contributed by atoms with Gasteiger partial charge in [-0.2, -0.15) is 0 Å². The molecule has 0 spiro atoms. The molecule has 0 amide bonds. The first-order valence-corrected chi connectivity index (χ1v) is 7.45. The van der Waals surface area contributed by atoms with Crippen LogP contribution >= 0.6 is 34.8 Å². The molecule has 0 unspecified atom stereocenters. The van der Waals surface area contributed by atoms with Gasteiger partial charge in [-0.25, -0.2) is 0 Å². The number of anilines is 2. The van der Waals surface area contributed by atoms with E-state index in [1.165, 1.54) is 0 Å². The quantitative estimate of drug-likeness (QED) is 0.746. The predicted octanol–water partition coefficient (Wildman–Crippen LogP) is 3.25. The van der Waals surface area contributed by atoms with Gasteiger partial charge in [-0.15, -0.1) is 0 Å². The molecule has 0 bridgehead atoms. The molecule has 2 aromatic carbocycles. The summed E-state index contributed by atoms with van der Waals surface area (Å²) in [7, 11) is 0. The van der Waals surface area contributed by atoms with Crippen LogP contribution in [-0.4, -0.2) is 4.98 Å². The Kier molecular flexibility index (Phi) is 5.41. The normalized spacial score (nSPS) is 10.4. The molecular formula is C16H11Cl4N2-. The molecule has 0 radical (unpaired) electrons. The predicted molar refractivity (Wildman–Crippen MR) is 91.2 cm³/mol. The molecule has 2 nitrogen and oxygen atoms in total. The van der Waals surface area contributed by atoms with Gasteiger partial charge in [0, 0.05) is 27.5 Å². The molecule has 0 aliphatic carbocycles. The molecule has 0 atom stereocenters. The van der Waals surface area contributed by atoms with E-state index in [2.05, 4.69) is 10.3 Å². The Balaban J connectivity index is 0.00000176. The van der Waals surface area contributed by atoms with Crippen molar-refractivity contribution in [3.8, 4) is 0 Å². The largest absolute Gasteiger partial charge is 1.00 e. The number of halogens is 4. The van der Waals surface area contributed by atoms with Gasteiger partial charge in [-0.3, -0.25) is 4.98 Å². The van der Waals surface area contributed by atoms with Gasteiger partial charge in [-0.05, 0) is 49.4 Å². The lowest BCUT2D eigenvalue weighted by Gasteiger charge is -2.12. The summed E-state index contributed by atoms with van der Waals surface area (Å²) >= 11 is 18.1. The fraction of sp³-hybridized carbons (Fsp3) is 0.0625. The third-order valence-electron chi connectivity index (χ3n) is 3.10. The standard InChI is InChI=1S/C16H11Cl3N2.ClH/c1-9-6-16(12-7-10(17)2-5-15(12)20-9)21-11-3-4-13(18)14(19)8-11;/h2-8H,1H3,(H,20,21);1H/p-1. The molecular weight excluding hydrogens is 362 g/mol. The molecule has 0 aliphatic rings. The van der Waals surface area contributed by atoms with Gasteiger partial charge >= 0.3 is 0 Å². The minimum Gasteiger partial charge on any atom is -1.00 e. The average Bonchev–Trinajstić information content (AvgIpc) is 2.43. The third-order valence-corrected chi connectivity index (χ3v) is 4.07. The lowest BCUT2D eigenvalue weighted by molar-refractivity contribution is -0.00000400. The number of benzene rings is 2. The average molecular weight is 373 g/mol. The number of nitrogens with zero attached hydrogens (tertiary/aromatic N) is 1. The van der Waals surface area contributed by atoms with Gasteiger partial charge in [0.15, 0.2) is 0 Å². The monoisotopic (exact) mass is 371 g/mol. The van der Waals surface area contributed by atoms with Crippen LogP contribution < -0.4 is 17.7 Å². The Labute approximate surface area is 149 Å². The zero-order valence-electron chi connectivity index (χ0n) is 11.5. The van der Waals surface area contributed by atoms with Crippen molar-refractivity contribution in [2.75, 3.05) is 5.32 Å². The van der Waals surface area contributed by atoms with Gasteiger partial charge in [0.05, 0.1) is 15.6 Å². The Morgan fingerprint density at radius 3 is 2.41 bits per heavy atom. The Bertz CT molecular complexity index is 834. The second kappa shape index (κ2) is 6.93. The van der Waals surface area contributed by atoms with Crippen molar-refractivity contribution >= 4 is 57.1 Å². The van der Waals surface area contributed by atoms with Crippen LogP contribution in [0.5, 0.6) is 0 Å². The van der Waals surface area contributed by atoms with E-state index in [0.717, 1.165) is 28.0 Å². The van der Waals surface area contributed by atoms with Crippen molar-refractivity contribution in [3.05, 3.63) is 63.2 Å². The lowest BCUT2D eigenvalue weighted by atomic mass is 10.1. The number of rotatable bonds is 2. The molecule has 1 aromatic heterocycles. The Morgan fingerprint density at radius 1 is 0.909 bits per heavy atom. The smallest absolute Gasteiger partial charge is 0.0727 e. The maximum Gasteiger partial charge on any atom is 0.0727 e. The minimum atomic E-state index is 0. The maximum absolute atomic E-state index is 6.09. The van der Waals surface area contributed by atoms with Gasteiger partial charge < -0.3 is 17.7 Å². The molecule has 3 rings (SSSR count). The number of aryl methyl sites for hydroxylation is 1. The molecule has 22 heavy (non-hydrogen) atoms. The zero-order chi connectivity index (χ0) is 15.0. The van der Waals surface area contributed by atoms with E-state index < -0.39 is 0 Å². The highest BCUT2D eigenvalue weighted by Gasteiger charge is 2.06. The van der Waals surface area contributed by atoms with Crippen molar-refractivity contribution in [3.63, 3.8) is 0 Å². The maximum atomic E-state index is 6.09. The zero-order valence-corrected chi connectivity index (χ0v) is 14.5. The van der Waals surface area contributed by atoms with Gasteiger partial charge in [0.2, 0.25) is 0 Å². The van der Waals surface area contributed by atoms with Gasteiger partial charge in [-0.1, -0.05) is 34.8 Å². The molecule has 114 valence electrons. The molecule has 0 aliphatic heterocycles. The van der Waals surface area contributed by atoms with Crippen molar-refractivity contribution in [2.24, 2.45) is 0 Å². The second-order valence-electron chi connectivity index (χ2n) is 4.73. The van der Waals surface area contributed by atoms with E-state index >= 15 is 0 Å². The van der Waals surface area contributed by atoms with E-state index in [4.69, 9.17) is 34.8 Å². The van der Waals surface area contributed by atoms with Gasteiger partial charge in [0.25, 0.3) is 0 Å². The lowest BCUT2D eigenvalue weighted by Crippen LogP contribution is -3.00. The van der Waals surface area contributed by atoms with E-state index in [9.17, 15) is 0 Å². The van der Waals surface area contributed by atoms with Crippen LogP contribution in [0.2, 0.25) is 15.1 Å². The summed E-state index contributed by atoms with van der Waals surface area (Å²) in [6, 6.07) is 13.0. The SMILES string of the molecule is Cc1cc(Nc2ccc(Cl)c(Cl)c2)c2cc(Cl)ccc2n1.[Cl-]. The number of pyridine rings is 1. The highest BCUT2D eigenvalue weighted by Crippen LogP contribution is 2.31. The Hall–Kier alpha value is -1.19. The molecule has 1 heterocycles. The first-order valence-electron chi connectivity index (χ1n) is 6.32. The van der Waals surface area contributed by atoms with Crippen LogP contribution in [0.25, 0.3) is 10.9 Å². The number of aromatic nitrogens is 1. The summed E-state index contributed by atoms with van der Waals surface area (Å²) in [5, 5.41) is 6.01. The number of hydrogen-bond acceptors (Lipinski definition) is 2. The molecule has 0 saturated carbocycles. The molecule has 1 N–H and O–H groups in total. The summed E-state index contributed by atoms with van der Waals surface area (Å²) in [6.07, 6.45) is 0. The molecule has 0 saturated heterocycles.